The van der Waals surface area contributed by atoms with E-state index >= 15 is 0 Å². The van der Waals surface area contributed by atoms with Gasteiger partial charge in [-0.05, 0) is 50.2 Å². The molecule has 0 nitrogen and oxygen atoms in total. The molecule has 1 aliphatic carbocycles. The maximum absolute atomic E-state index is 3.89. The molecule has 0 radical (unpaired) electrons. The summed E-state index contributed by atoms with van der Waals surface area (Å²) in [5.41, 5.74) is 7.57. The standard InChI is InChI=1S/C29H19Br/c30-27-17-9-8-16-25(27)29(21-11-2-1-3-12-21)24-15-7-6-14-23(24)28-22-13-5-4-10-20(22)18-19-26(28)29/h1-19H. The summed E-state index contributed by atoms with van der Waals surface area (Å²) >= 11 is 3.89. The number of fused-ring (bicyclic) bond motifs is 5. The van der Waals surface area contributed by atoms with Crippen LogP contribution in [0.25, 0.3) is 21.9 Å². The van der Waals surface area contributed by atoms with Crippen molar-refractivity contribution in [3.8, 4) is 11.1 Å². The largest absolute Gasteiger partial charge is 0.0724 e. The quantitative estimate of drug-likeness (QED) is 0.253. The van der Waals surface area contributed by atoms with Crippen molar-refractivity contribution in [1.29, 1.82) is 0 Å². The van der Waals surface area contributed by atoms with Crippen LogP contribution in [0.15, 0.2) is 120 Å². The Kier molecular flexibility index (Phi) is 3.94. The average Bonchev–Trinajstić information content (AvgIpc) is 3.11. The molecular formula is C29H19Br. The molecule has 0 saturated carbocycles. The van der Waals surface area contributed by atoms with Gasteiger partial charge >= 0.3 is 0 Å². The molecule has 0 bridgehead atoms. The lowest BCUT2D eigenvalue weighted by atomic mass is 9.67. The van der Waals surface area contributed by atoms with Gasteiger partial charge in [-0.25, -0.2) is 0 Å². The second-order valence-electron chi connectivity index (χ2n) is 7.85. The summed E-state index contributed by atoms with van der Waals surface area (Å²) < 4.78 is 1.13. The topological polar surface area (TPSA) is 0 Å². The van der Waals surface area contributed by atoms with Crippen LogP contribution in [0.2, 0.25) is 0 Å². The monoisotopic (exact) mass is 446 g/mol. The Balaban J connectivity index is 1.87. The van der Waals surface area contributed by atoms with Crippen molar-refractivity contribution >= 4 is 26.7 Å². The third-order valence-electron chi connectivity index (χ3n) is 6.42. The van der Waals surface area contributed by atoms with Crippen LogP contribution < -0.4 is 0 Å². The van der Waals surface area contributed by atoms with Crippen molar-refractivity contribution in [2.45, 2.75) is 5.41 Å². The van der Waals surface area contributed by atoms with Crippen molar-refractivity contribution in [2.24, 2.45) is 0 Å². The van der Waals surface area contributed by atoms with E-state index in [9.17, 15) is 0 Å². The Morgan fingerprint density at radius 1 is 0.500 bits per heavy atom. The van der Waals surface area contributed by atoms with Crippen molar-refractivity contribution in [3.63, 3.8) is 0 Å². The highest BCUT2D eigenvalue weighted by atomic mass is 79.9. The zero-order chi connectivity index (χ0) is 20.1. The van der Waals surface area contributed by atoms with Gasteiger partial charge in [0.2, 0.25) is 0 Å². The number of hydrogen-bond donors (Lipinski definition) is 0. The van der Waals surface area contributed by atoms with Gasteiger partial charge in [0.1, 0.15) is 0 Å². The van der Waals surface area contributed by atoms with Crippen molar-refractivity contribution in [1.82, 2.24) is 0 Å². The van der Waals surface area contributed by atoms with E-state index in [-0.39, 0.29) is 5.41 Å². The van der Waals surface area contributed by atoms with E-state index < -0.39 is 0 Å². The molecule has 1 unspecified atom stereocenters. The van der Waals surface area contributed by atoms with Crippen LogP contribution in [-0.4, -0.2) is 0 Å². The Morgan fingerprint density at radius 2 is 1.17 bits per heavy atom. The first-order chi connectivity index (χ1) is 14.8. The number of halogens is 1. The summed E-state index contributed by atoms with van der Waals surface area (Å²) in [5, 5.41) is 2.59. The first kappa shape index (κ1) is 17.7. The maximum Gasteiger partial charge on any atom is 0.0724 e. The van der Waals surface area contributed by atoms with Crippen LogP contribution in [0, 0.1) is 0 Å². The highest BCUT2D eigenvalue weighted by Gasteiger charge is 2.47. The molecule has 142 valence electrons. The Morgan fingerprint density at radius 3 is 2.00 bits per heavy atom. The second kappa shape index (κ2) is 6.68. The number of benzene rings is 5. The predicted octanol–water partition coefficient (Wildman–Crippen LogP) is 7.97. The van der Waals surface area contributed by atoms with E-state index in [4.69, 9.17) is 0 Å². The minimum Gasteiger partial charge on any atom is -0.0622 e. The summed E-state index contributed by atoms with van der Waals surface area (Å²) in [4.78, 5) is 0. The van der Waals surface area contributed by atoms with Crippen molar-refractivity contribution in [3.05, 3.63) is 142 Å². The van der Waals surface area contributed by atoms with Crippen LogP contribution in [0.1, 0.15) is 22.3 Å². The molecule has 5 aromatic rings. The minimum atomic E-state index is -0.364. The van der Waals surface area contributed by atoms with Crippen LogP contribution >= 0.6 is 15.9 Å². The van der Waals surface area contributed by atoms with Gasteiger partial charge in [0, 0.05) is 4.47 Å². The van der Waals surface area contributed by atoms with Gasteiger partial charge in [-0.3, -0.25) is 0 Å². The van der Waals surface area contributed by atoms with Crippen LogP contribution in [0.3, 0.4) is 0 Å². The van der Waals surface area contributed by atoms with Crippen LogP contribution in [0.4, 0.5) is 0 Å². The Labute approximate surface area is 185 Å². The maximum atomic E-state index is 3.89. The van der Waals surface area contributed by atoms with Gasteiger partial charge < -0.3 is 0 Å². The molecule has 0 fully saturated rings. The molecule has 0 aromatic heterocycles. The van der Waals surface area contributed by atoms with Gasteiger partial charge in [-0.1, -0.05) is 125 Å². The average molecular weight is 447 g/mol. The molecule has 1 aliphatic rings. The molecule has 0 N–H and O–H groups in total. The van der Waals surface area contributed by atoms with Gasteiger partial charge in [-0.2, -0.15) is 0 Å². The van der Waals surface area contributed by atoms with Gasteiger partial charge in [0.15, 0.2) is 0 Å². The van der Waals surface area contributed by atoms with Crippen molar-refractivity contribution in [2.75, 3.05) is 0 Å². The molecule has 0 aliphatic heterocycles. The lowest BCUT2D eigenvalue weighted by Crippen LogP contribution is -2.29. The molecule has 30 heavy (non-hydrogen) atoms. The SMILES string of the molecule is Brc1ccccc1C1(c2ccccc2)c2ccccc2-c2c1ccc1ccccc21. The third kappa shape index (κ3) is 2.27. The summed E-state index contributed by atoms with van der Waals surface area (Å²) in [6.07, 6.45) is 0. The fourth-order valence-electron chi connectivity index (χ4n) is 5.26. The highest BCUT2D eigenvalue weighted by molar-refractivity contribution is 9.10. The van der Waals surface area contributed by atoms with E-state index in [1.807, 2.05) is 0 Å². The fourth-order valence-corrected chi connectivity index (χ4v) is 5.84. The van der Waals surface area contributed by atoms with Crippen molar-refractivity contribution < 1.29 is 0 Å². The van der Waals surface area contributed by atoms with Crippen LogP contribution in [0.5, 0.6) is 0 Å². The second-order valence-corrected chi connectivity index (χ2v) is 8.71. The lowest BCUT2D eigenvalue weighted by molar-refractivity contribution is 0.764. The Bertz CT molecular complexity index is 1400. The molecule has 0 amide bonds. The first-order valence-electron chi connectivity index (χ1n) is 10.2. The lowest BCUT2D eigenvalue weighted by Gasteiger charge is -2.34. The molecule has 0 heterocycles. The first-order valence-corrected chi connectivity index (χ1v) is 11.0. The van der Waals surface area contributed by atoms with E-state index in [2.05, 4.69) is 131 Å². The Hall–Kier alpha value is -3.16. The van der Waals surface area contributed by atoms with Gasteiger partial charge in [0.05, 0.1) is 5.41 Å². The molecule has 0 saturated heterocycles. The third-order valence-corrected chi connectivity index (χ3v) is 7.11. The molecule has 0 spiro atoms. The fraction of sp³-hybridized carbons (Fsp3) is 0.0345. The summed E-state index contributed by atoms with van der Waals surface area (Å²) in [7, 11) is 0. The molecule has 1 heteroatoms. The minimum absolute atomic E-state index is 0.364. The van der Waals surface area contributed by atoms with Gasteiger partial charge in [-0.15, -0.1) is 0 Å². The zero-order valence-electron chi connectivity index (χ0n) is 16.3. The molecule has 6 rings (SSSR count). The van der Waals surface area contributed by atoms with Gasteiger partial charge in [0.25, 0.3) is 0 Å². The predicted molar refractivity (Wildman–Crippen MR) is 129 cm³/mol. The molecule has 5 aromatic carbocycles. The molecule has 1 atom stereocenters. The highest BCUT2D eigenvalue weighted by Crippen LogP contribution is 2.58. The smallest absolute Gasteiger partial charge is 0.0622 e. The van der Waals surface area contributed by atoms with Crippen LogP contribution in [-0.2, 0) is 5.41 Å². The van der Waals surface area contributed by atoms with E-state index in [1.165, 1.54) is 44.2 Å². The van der Waals surface area contributed by atoms with E-state index in [0.29, 0.717) is 0 Å². The summed E-state index contributed by atoms with van der Waals surface area (Å²) in [6, 6.07) is 41.8. The summed E-state index contributed by atoms with van der Waals surface area (Å²) in [5.74, 6) is 0. The number of hydrogen-bond acceptors (Lipinski definition) is 0. The summed E-state index contributed by atoms with van der Waals surface area (Å²) in [6.45, 7) is 0. The number of rotatable bonds is 2. The van der Waals surface area contributed by atoms with E-state index in [1.54, 1.807) is 0 Å². The normalized spacial score (nSPS) is 17.0. The van der Waals surface area contributed by atoms with E-state index in [0.717, 1.165) is 4.47 Å². The zero-order valence-corrected chi connectivity index (χ0v) is 17.9. The molecular weight excluding hydrogens is 428 g/mol.